The molecule has 0 radical (unpaired) electrons. The molecule has 0 spiro atoms. The summed E-state index contributed by atoms with van der Waals surface area (Å²) >= 11 is 0. The average molecular weight is 505 g/mol. The molecule has 2 amide bonds. The van der Waals surface area contributed by atoms with Gasteiger partial charge >= 0.3 is 0 Å². The number of amides is 2. The molecule has 2 unspecified atom stereocenters. The maximum atomic E-state index is 12.2. The maximum absolute atomic E-state index is 12.2. The minimum Gasteiger partial charge on any atom is -0.504 e. The second-order valence-electron chi connectivity index (χ2n) is 8.99. The molecule has 0 aliphatic rings. The molecule has 2 atom stereocenters. The van der Waals surface area contributed by atoms with Crippen LogP contribution in [0, 0.1) is 0 Å². The van der Waals surface area contributed by atoms with Crippen LogP contribution < -0.4 is 11.5 Å². The highest BCUT2D eigenvalue weighted by Crippen LogP contribution is 2.40. The van der Waals surface area contributed by atoms with Gasteiger partial charge in [0, 0.05) is 22.3 Å². The summed E-state index contributed by atoms with van der Waals surface area (Å²) in [7, 11) is 0. The average Bonchev–Trinajstić information content (AvgIpc) is 2.83. The summed E-state index contributed by atoms with van der Waals surface area (Å²) in [5.74, 6) is -3.51. The van der Waals surface area contributed by atoms with E-state index >= 15 is 0 Å². The van der Waals surface area contributed by atoms with E-state index in [4.69, 9.17) is 11.5 Å². The molecule has 0 saturated heterocycles. The van der Waals surface area contributed by atoms with Crippen LogP contribution in [0.15, 0.2) is 24.3 Å². The highest BCUT2D eigenvalue weighted by atomic mass is 16.3. The van der Waals surface area contributed by atoms with Crippen molar-refractivity contribution in [2.45, 2.75) is 76.4 Å². The van der Waals surface area contributed by atoms with Crippen LogP contribution in [-0.2, 0) is 33.6 Å². The van der Waals surface area contributed by atoms with Gasteiger partial charge in [-0.05, 0) is 50.7 Å². The molecule has 0 fully saturated rings. The number of aliphatic hydroxyl groups is 2. The van der Waals surface area contributed by atoms with Crippen LogP contribution in [0.25, 0.3) is 0 Å². The van der Waals surface area contributed by atoms with Gasteiger partial charge in [-0.25, -0.2) is 0 Å². The van der Waals surface area contributed by atoms with Crippen molar-refractivity contribution in [2.75, 3.05) is 0 Å². The molecule has 36 heavy (non-hydrogen) atoms. The fourth-order valence-corrected chi connectivity index (χ4v) is 4.64. The minimum absolute atomic E-state index is 0.0363. The van der Waals surface area contributed by atoms with E-state index in [0.717, 1.165) is 0 Å². The van der Waals surface area contributed by atoms with E-state index in [1.807, 2.05) is 0 Å². The maximum Gasteiger partial charge on any atom is 0.254 e. The summed E-state index contributed by atoms with van der Waals surface area (Å²) in [4.78, 5) is 24.4. The van der Waals surface area contributed by atoms with E-state index in [9.17, 15) is 40.2 Å². The number of aromatic hydroxyl groups is 4. The van der Waals surface area contributed by atoms with Gasteiger partial charge in [0.2, 0.25) is 0 Å². The SMILES string of the molecule is CCc1c(C(O)(CCCCCCC(O)(C(N)=O)c2ccc(O)c(O)c2CC)C(N)=O)ccc(O)c1O. The molecule has 0 bridgehead atoms. The van der Waals surface area contributed by atoms with Crippen LogP contribution in [-0.4, -0.2) is 42.5 Å². The lowest BCUT2D eigenvalue weighted by atomic mass is 9.82. The second kappa shape index (κ2) is 11.5. The summed E-state index contributed by atoms with van der Waals surface area (Å²) in [6, 6.07) is 5.11. The smallest absolute Gasteiger partial charge is 0.254 e. The Labute approximate surface area is 209 Å². The third kappa shape index (κ3) is 5.50. The Kier molecular flexibility index (Phi) is 9.17. The van der Waals surface area contributed by atoms with Gasteiger partial charge in [-0.3, -0.25) is 9.59 Å². The van der Waals surface area contributed by atoms with Crippen molar-refractivity contribution in [3.63, 3.8) is 0 Å². The predicted octanol–water partition coefficient (Wildman–Crippen LogP) is 2.02. The van der Waals surface area contributed by atoms with Crippen LogP contribution in [0.5, 0.6) is 23.0 Å². The van der Waals surface area contributed by atoms with Crippen LogP contribution in [0.4, 0.5) is 0 Å². The molecule has 0 saturated carbocycles. The molecule has 10 heteroatoms. The molecular formula is C26H36N2O8. The number of nitrogens with two attached hydrogens (primary N) is 2. The largest absolute Gasteiger partial charge is 0.504 e. The minimum atomic E-state index is -2.05. The number of phenolic OH excluding ortho intramolecular Hbond substituents is 4. The third-order valence-electron chi connectivity index (χ3n) is 6.76. The summed E-state index contributed by atoms with van der Waals surface area (Å²) in [6.07, 6.45) is 2.18. The van der Waals surface area contributed by atoms with Crippen molar-refractivity contribution in [3.8, 4) is 23.0 Å². The van der Waals surface area contributed by atoms with Gasteiger partial charge in [0.1, 0.15) is 0 Å². The first kappa shape index (κ1) is 28.7. The number of unbranched alkanes of at least 4 members (excludes halogenated alkanes) is 3. The summed E-state index contributed by atoms with van der Waals surface area (Å²) in [5.41, 5.74) is 7.63. The van der Waals surface area contributed by atoms with Crippen molar-refractivity contribution >= 4 is 11.8 Å². The van der Waals surface area contributed by atoms with Gasteiger partial charge in [-0.2, -0.15) is 0 Å². The molecule has 2 aromatic rings. The zero-order chi connectivity index (χ0) is 27.3. The Bertz CT molecular complexity index is 1030. The standard InChI is InChI=1S/C26H36N2O8/c1-3-15-17(9-11-19(29)21(15)31)25(35,23(27)33)13-7-5-6-8-14-26(36,24(28)34)18-10-12-20(30)22(32)16(18)4-2/h9-12,29-32,35-36H,3-8,13-14H2,1-2H3,(H2,27,33)(H2,28,34). The lowest BCUT2D eigenvalue weighted by Crippen LogP contribution is -2.42. The zero-order valence-electron chi connectivity index (χ0n) is 20.6. The normalized spacial score (nSPS) is 14.7. The lowest BCUT2D eigenvalue weighted by Gasteiger charge is -2.29. The van der Waals surface area contributed by atoms with Gasteiger partial charge in [-0.1, -0.05) is 38.8 Å². The van der Waals surface area contributed by atoms with Gasteiger partial charge in [0.15, 0.2) is 34.2 Å². The molecule has 0 heterocycles. The summed E-state index contributed by atoms with van der Waals surface area (Å²) < 4.78 is 0. The number of benzene rings is 2. The highest BCUT2D eigenvalue weighted by molar-refractivity contribution is 5.86. The van der Waals surface area contributed by atoms with Gasteiger partial charge < -0.3 is 42.1 Å². The van der Waals surface area contributed by atoms with Crippen molar-refractivity contribution in [1.82, 2.24) is 0 Å². The van der Waals surface area contributed by atoms with Crippen LogP contribution in [0.3, 0.4) is 0 Å². The lowest BCUT2D eigenvalue weighted by molar-refractivity contribution is -0.139. The quantitative estimate of drug-likeness (QED) is 0.149. The molecule has 0 aliphatic heterocycles. The van der Waals surface area contributed by atoms with Crippen LogP contribution in [0.2, 0.25) is 0 Å². The van der Waals surface area contributed by atoms with E-state index in [1.165, 1.54) is 24.3 Å². The molecular weight excluding hydrogens is 468 g/mol. The Morgan fingerprint density at radius 3 is 1.28 bits per heavy atom. The summed E-state index contributed by atoms with van der Waals surface area (Å²) in [5, 5.41) is 62.0. The number of hydrogen-bond donors (Lipinski definition) is 8. The van der Waals surface area contributed by atoms with Gasteiger partial charge in [-0.15, -0.1) is 0 Å². The topological polar surface area (TPSA) is 208 Å². The number of primary amides is 2. The molecule has 198 valence electrons. The van der Waals surface area contributed by atoms with Crippen molar-refractivity contribution in [2.24, 2.45) is 11.5 Å². The molecule has 0 aromatic heterocycles. The highest BCUT2D eigenvalue weighted by Gasteiger charge is 2.39. The molecule has 10 nitrogen and oxygen atoms in total. The molecule has 2 rings (SSSR count). The van der Waals surface area contributed by atoms with E-state index in [-0.39, 0.29) is 59.4 Å². The van der Waals surface area contributed by atoms with Crippen molar-refractivity contribution in [1.29, 1.82) is 0 Å². The fraction of sp³-hybridized carbons (Fsp3) is 0.462. The molecule has 10 N–H and O–H groups in total. The molecule has 2 aromatic carbocycles. The van der Waals surface area contributed by atoms with E-state index in [2.05, 4.69) is 0 Å². The number of rotatable bonds is 13. The van der Waals surface area contributed by atoms with Gasteiger partial charge in [0.25, 0.3) is 11.8 Å². The Morgan fingerprint density at radius 2 is 1.00 bits per heavy atom. The van der Waals surface area contributed by atoms with E-state index in [0.29, 0.717) is 25.7 Å². The second-order valence-corrected chi connectivity index (χ2v) is 8.99. The molecule has 0 aliphatic carbocycles. The summed E-state index contributed by atoms with van der Waals surface area (Å²) in [6.45, 7) is 3.41. The van der Waals surface area contributed by atoms with E-state index < -0.39 is 34.5 Å². The Balaban J connectivity index is 2.09. The number of carbonyl (C=O) groups excluding carboxylic acids is 2. The first-order valence-electron chi connectivity index (χ1n) is 12.0. The predicted molar refractivity (Wildman–Crippen MR) is 132 cm³/mol. The van der Waals surface area contributed by atoms with Crippen molar-refractivity contribution in [3.05, 3.63) is 46.5 Å². The fourth-order valence-electron chi connectivity index (χ4n) is 4.64. The van der Waals surface area contributed by atoms with Crippen molar-refractivity contribution < 1.29 is 40.2 Å². The van der Waals surface area contributed by atoms with Crippen LogP contribution >= 0.6 is 0 Å². The Hall–Kier alpha value is -3.50. The Morgan fingerprint density at radius 1 is 0.667 bits per heavy atom. The monoisotopic (exact) mass is 504 g/mol. The van der Waals surface area contributed by atoms with Crippen LogP contribution in [0.1, 0.15) is 74.6 Å². The first-order chi connectivity index (χ1) is 16.8. The zero-order valence-corrected chi connectivity index (χ0v) is 20.6. The van der Waals surface area contributed by atoms with Gasteiger partial charge in [0.05, 0.1) is 0 Å². The van der Waals surface area contributed by atoms with E-state index in [1.54, 1.807) is 13.8 Å². The first-order valence-corrected chi connectivity index (χ1v) is 12.0. The number of carbonyl (C=O) groups is 2. The third-order valence-corrected chi connectivity index (χ3v) is 6.76. The number of hydrogen-bond acceptors (Lipinski definition) is 8. The number of phenols is 4.